The second kappa shape index (κ2) is 7.31. The lowest BCUT2D eigenvalue weighted by Gasteiger charge is -2.46. The fourth-order valence-electron chi connectivity index (χ4n) is 5.40. The molecule has 3 aliphatic rings. The molecule has 2 aliphatic carbocycles. The number of hydrogen-bond donors (Lipinski definition) is 1. The molecule has 146 valence electrons. The first-order valence-electron chi connectivity index (χ1n) is 10.3. The molecule has 0 spiro atoms. The topological polar surface area (TPSA) is 47.6 Å². The van der Waals surface area contributed by atoms with Gasteiger partial charge in [-0.1, -0.05) is 44.1 Å². The highest BCUT2D eigenvalue weighted by atomic mass is 16.6. The van der Waals surface area contributed by atoms with Gasteiger partial charge < -0.3 is 14.8 Å². The predicted molar refractivity (Wildman–Crippen MR) is 105 cm³/mol. The maximum atomic E-state index is 12.6. The lowest BCUT2D eigenvalue weighted by atomic mass is 9.59. The summed E-state index contributed by atoms with van der Waals surface area (Å²) in [6.45, 7) is 6.13. The molecular formula is C23H31NO3. The fraction of sp³-hybridized carbons (Fsp3) is 0.609. The van der Waals surface area contributed by atoms with E-state index in [9.17, 15) is 4.79 Å². The van der Waals surface area contributed by atoms with Crippen molar-refractivity contribution < 1.29 is 14.3 Å². The van der Waals surface area contributed by atoms with Gasteiger partial charge in [0.2, 0.25) is 0 Å². The molecule has 1 unspecified atom stereocenters. The number of fused-ring (bicyclic) bond motifs is 2. The van der Waals surface area contributed by atoms with Crippen molar-refractivity contribution >= 4 is 5.97 Å². The number of nitrogens with one attached hydrogen (secondary N) is 1. The molecule has 1 aromatic carbocycles. The maximum Gasteiger partial charge on any atom is 0.311 e. The van der Waals surface area contributed by atoms with Gasteiger partial charge in [-0.25, -0.2) is 0 Å². The monoisotopic (exact) mass is 369 g/mol. The summed E-state index contributed by atoms with van der Waals surface area (Å²) < 4.78 is 11.0. The SMILES string of the molecule is COc1ccc(CNCC2C(=O)O[C@@H]3C[C@@]4(C)CCC[C@H](C)C4=C[C@H]23)cc1. The summed E-state index contributed by atoms with van der Waals surface area (Å²) in [6.07, 6.45) is 7.26. The zero-order chi connectivity index (χ0) is 19.0. The van der Waals surface area contributed by atoms with Crippen molar-refractivity contribution in [3.8, 4) is 5.75 Å². The Morgan fingerprint density at radius 2 is 2.07 bits per heavy atom. The predicted octanol–water partition coefficient (Wildman–Crippen LogP) is 4.10. The first-order chi connectivity index (χ1) is 13.0. The van der Waals surface area contributed by atoms with E-state index in [0.717, 1.165) is 18.7 Å². The van der Waals surface area contributed by atoms with Crippen LogP contribution in [0, 0.1) is 23.2 Å². The van der Waals surface area contributed by atoms with E-state index in [4.69, 9.17) is 9.47 Å². The zero-order valence-electron chi connectivity index (χ0n) is 16.7. The average molecular weight is 370 g/mol. The Hall–Kier alpha value is -1.81. The van der Waals surface area contributed by atoms with Crippen LogP contribution in [0.3, 0.4) is 0 Å². The molecule has 1 aliphatic heterocycles. The summed E-state index contributed by atoms with van der Waals surface area (Å²) in [5, 5.41) is 3.47. The van der Waals surface area contributed by atoms with E-state index in [-0.39, 0.29) is 29.3 Å². The molecular weight excluding hydrogens is 338 g/mol. The summed E-state index contributed by atoms with van der Waals surface area (Å²) in [7, 11) is 1.67. The highest BCUT2D eigenvalue weighted by Gasteiger charge is 2.51. The molecule has 2 fully saturated rings. The standard InChI is InChI=1S/C23H31NO3/c1-15-5-4-10-23(2)12-21-18(11-20(15)23)19(22(25)27-21)14-24-13-16-6-8-17(26-3)9-7-16/h6-9,11,15,18-19,21,24H,4-5,10,12-14H2,1-3H3/t15-,18+,19?,21+,23+/m0/s1. The molecule has 1 N–H and O–H groups in total. The van der Waals surface area contributed by atoms with E-state index in [0.29, 0.717) is 12.5 Å². The quantitative estimate of drug-likeness (QED) is 0.627. The summed E-state index contributed by atoms with van der Waals surface area (Å²) in [4.78, 5) is 12.6. The van der Waals surface area contributed by atoms with Crippen LogP contribution in [0.25, 0.3) is 0 Å². The van der Waals surface area contributed by atoms with Crippen LogP contribution in [-0.4, -0.2) is 25.7 Å². The molecule has 1 saturated heterocycles. The Morgan fingerprint density at radius 1 is 1.30 bits per heavy atom. The van der Waals surface area contributed by atoms with Crippen molar-refractivity contribution in [3.05, 3.63) is 41.5 Å². The lowest BCUT2D eigenvalue weighted by molar-refractivity contribution is -0.145. The Morgan fingerprint density at radius 3 is 2.81 bits per heavy atom. The molecule has 0 radical (unpaired) electrons. The van der Waals surface area contributed by atoms with Crippen LogP contribution < -0.4 is 10.1 Å². The highest BCUT2D eigenvalue weighted by Crippen LogP contribution is 2.53. The molecule has 4 rings (SSSR count). The second-order valence-corrected chi connectivity index (χ2v) is 8.82. The number of carbonyl (C=O) groups is 1. The number of ether oxygens (including phenoxy) is 2. The Kier molecular flexibility index (Phi) is 5.02. The highest BCUT2D eigenvalue weighted by molar-refractivity contribution is 5.76. The van der Waals surface area contributed by atoms with Gasteiger partial charge in [-0.2, -0.15) is 0 Å². The summed E-state index contributed by atoms with van der Waals surface area (Å²) in [5.41, 5.74) is 2.99. The van der Waals surface area contributed by atoms with E-state index in [1.165, 1.54) is 24.8 Å². The van der Waals surface area contributed by atoms with Crippen LogP contribution in [0.4, 0.5) is 0 Å². The van der Waals surface area contributed by atoms with Gasteiger partial charge in [-0.05, 0) is 48.3 Å². The van der Waals surface area contributed by atoms with Gasteiger partial charge in [0.15, 0.2) is 0 Å². The van der Waals surface area contributed by atoms with E-state index in [1.807, 2.05) is 12.1 Å². The van der Waals surface area contributed by atoms with Crippen molar-refractivity contribution in [1.82, 2.24) is 5.32 Å². The minimum Gasteiger partial charge on any atom is -0.497 e. The van der Waals surface area contributed by atoms with Gasteiger partial charge in [-0.3, -0.25) is 4.79 Å². The molecule has 4 heteroatoms. The molecule has 1 heterocycles. The smallest absolute Gasteiger partial charge is 0.311 e. The average Bonchev–Trinajstić information content (AvgIpc) is 2.95. The summed E-state index contributed by atoms with van der Waals surface area (Å²) >= 11 is 0. The fourth-order valence-corrected chi connectivity index (χ4v) is 5.40. The van der Waals surface area contributed by atoms with Gasteiger partial charge in [0.05, 0.1) is 13.0 Å². The van der Waals surface area contributed by atoms with Gasteiger partial charge in [0, 0.05) is 19.0 Å². The summed E-state index contributed by atoms with van der Waals surface area (Å²) in [5.74, 6) is 1.62. The number of esters is 1. The number of benzene rings is 1. The largest absolute Gasteiger partial charge is 0.497 e. The van der Waals surface area contributed by atoms with Crippen LogP contribution in [-0.2, 0) is 16.1 Å². The number of hydrogen-bond acceptors (Lipinski definition) is 4. The molecule has 0 aromatic heterocycles. The van der Waals surface area contributed by atoms with Crippen molar-refractivity contribution in [3.63, 3.8) is 0 Å². The van der Waals surface area contributed by atoms with E-state index in [2.05, 4.69) is 37.4 Å². The lowest BCUT2D eigenvalue weighted by Crippen LogP contribution is -2.40. The van der Waals surface area contributed by atoms with Crippen molar-refractivity contribution in [2.45, 2.75) is 52.2 Å². The van der Waals surface area contributed by atoms with Crippen LogP contribution in [0.1, 0.15) is 45.1 Å². The Balaban J connectivity index is 1.43. The Bertz CT molecular complexity index is 726. The molecule has 4 nitrogen and oxygen atoms in total. The summed E-state index contributed by atoms with van der Waals surface area (Å²) in [6, 6.07) is 8.04. The van der Waals surface area contributed by atoms with Crippen LogP contribution in [0.15, 0.2) is 35.9 Å². The normalized spacial score (nSPS) is 35.1. The molecule has 27 heavy (non-hydrogen) atoms. The van der Waals surface area contributed by atoms with Crippen LogP contribution in [0.5, 0.6) is 5.75 Å². The third-order valence-electron chi connectivity index (χ3n) is 6.93. The van der Waals surface area contributed by atoms with E-state index in [1.54, 1.807) is 12.7 Å². The number of allylic oxidation sites excluding steroid dienone is 1. The number of carbonyl (C=O) groups excluding carboxylic acids is 1. The third-order valence-corrected chi connectivity index (χ3v) is 6.93. The zero-order valence-corrected chi connectivity index (χ0v) is 16.7. The first kappa shape index (κ1) is 18.5. The van der Waals surface area contributed by atoms with Gasteiger partial charge in [-0.15, -0.1) is 0 Å². The van der Waals surface area contributed by atoms with Crippen molar-refractivity contribution in [1.29, 1.82) is 0 Å². The minimum atomic E-state index is -0.0700. The minimum absolute atomic E-state index is 0.0287. The van der Waals surface area contributed by atoms with Crippen LogP contribution in [0.2, 0.25) is 0 Å². The molecule has 0 bridgehead atoms. The number of methoxy groups -OCH3 is 1. The third kappa shape index (κ3) is 3.52. The molecule has 0 amide bonds. The van der Waals surface area contributed by atoms with Crippen molar-refractivity contribution in [2.75, 3.05) is 13.7 Å². The number of rotatable bonds is 5. The first-order valence-corrected chi connectivity index (χ1v) is 10.3. The van der Waals surface area contributed by atoms with Gasteiger partial charge in [0.25, 0.3) is 0 Å². The van der Waals surface area contributed by atoms with E-state index >= 15 is 0 Å². The molecule has 1 aromatic rings. The van der Waals surface area contributed by atoms with Gasteiger partial charge in [0.1, 0.15) is 11.9 Å². The Labute approximate surface area is 162 Å². The van der Waals surface area contributed by atoms with Crippen LogP contribution >= 0.6 is 0 Å². The maximum absolute atomic E-state index is 12.6. The second-order valence-electron chi connectivity index (χ2n) is 8.82. The molecule has 1 saturated carbocycles. The van der Waals surface area contributed by atoms with E-state index < -0.39 is 0 Å². The van der Waals surface area contributed by atoms with Crippen molar-refractivity contribution in [2.24, 2.45) is 23.2 Å². The molecule has 5 atom stereocenters. The van der Waals surface area contributed by atoms with Gasteiger partial charge >= 0.3 is 5.97 Å².